The van der Waals surface area contributed by atoms with Crippen LogP contribution in [0.1, 0.15) is 26.7 Å². The summed E-state index contributed by atoms with van der Waals surface area (Å²) in [5, 5.41) is 2.82. The van der Waals surface area contributed by atoms with Crippen LogP contribution < -0.4 is 5.32 Å². The molecule has 0 aliphatic heterocycles. The summed E-state index contributed by atoms with van der Waals surface area (Å²) in [4.78, 5) is 0. The maximum atomic E-state index is 13.0. The van der Waals surface area contributed by atoms with Gasteiger partial charge < -0.3 is 5.32 Å². The highest BCUT2D eigenvalue weighted by molar-refractivity contribution is 4.73. The minimum absolute atomic E-state index is 0.459. The fourth-order valence-electron chi connectivity index (χ4n) is 0.978. The van der Waals surface area contributed by atoms with Gasteiger partial charge in [0.05, 0.1) is 0 Å². The van der Waals surface area contributed by atoms with E-state index in [4.69, 9.17) is 0 Å². The number of nitrogens with one attached hydrogen (secondary N) is 1. The number of hydrogen-bond acceptors (Lipinski definition) is 1. The third-order valence-corrected chi connectivity index (χ3v) is 1.32. The SMILES string of the molecule is CCCC(C)(F)CNC. The van der Waals surface area contributed by atoms with Crippen molar-refractivity contribution in [1.29, 1.82) is 0 Å². The first-order chi connectivity index (χ1) is 4.12. The van der Waals surface area contributed by atoms with E-state index in [1.807, 2.05) is 6.92 Å². The minimum Gasteiger partial charge on any atom is -0.317 e. The van der Waals surface area contributed by atoms with Gasteiger partial charge in [-0.25, -0.2) is 4.39 Å². The minimum atomic E-state index is -1.01. The van der Waals surface area contributed by atoms with Crippen molar-refractivity contribution >= 4 is 0 Å². The van der Waals surface area contributed by atoms with Crippen molar-refractivity contribution in [3.05, 3.63) is 0 Å². The summed E-state index contributed by atoms with van der Waals surface area (Å²) in [5.41, 5.74) is -1.01. The molecule has 0 aromatic rings. The highest BCUT2D eigenvalue weighted by atomic mass is 19.1. The molecule has 1 N–H and O–H groups in total. The number of hydrogen-bond donors (Lipinski definition) is 1. The van der Waals surface area contributed by atoms with E-state index in [-0.39, 0.29) is 0 Å². The van der Waals surface area contributed by atoms with Crippen molar-refractivity contribution < 1.29 is 4.39 Å². The second kappa shape index (κ2) is 3.83. The summed E-state index contributed by atoms with van der Waals surface area (Å²) in [5.74, 6) is 0. The molecule has 1 atom stereocenters. The zero-order valence-electron chi connectivity index (χ0n) is 6.50. The summed E-state index contributed by atoms with van der Waals surface area (Å²) in [6, 6.07) is 0. The normalized spacial score (nSPS) is 17.3. The number of alkyl halides is 1. The summed E-state index contributed by atoms with van der Waals surface area (Å²) < 4.78 is 13.0. The van der Waals surface area contributed by atoms with Crippen LogP contribution in [-0.4, -0.2) is 19.3 Å². The molecule has 56 valence electrons. The lowest BCUT2D eigenvalue weighted by Crippen LogP contribution is -2.31. The third kappa shape index (κ3) is 4.40. The highest BCUT2D eigenvalue weighted by Gasteiger charge is 2.19. The van der Waals surface area contributed by atoms with Gasteiger partial charge in [0.25, 0.3) is 0 Å². The third-order valence-electron chi connectivity index (χ3n) is 1.32. The van der Waals surface area contributed by atoms with Gasteiger partial charge in [-0.05, 0) is 20.4 Å². The molecule has 0 amide bonds. The van der Waals surface area contributed by atoms with E-state index < -0.39 is 5.67 Å². The second-order valence-electron chi connectivity index (χ2n) is 2.69. The van der Waals surface area contributed by atoms with E-state index in [2.05, 4.69) is 5.32 Å². The van der Waals surface area contributed by atoms with Gasteiger partial charge in [-0.3, -0.25) is 0 Å². The molecule has 0 heterocycles. The fourth-order valence-corrected chi connectivity index (χ4v) is 0.978. The summed E-state index contributed by atoms with van der Waals surface area (Å²) in [6.45, 7) is 4.08. The Hall–Kier alpha value is -0.110. The maximum absolute atomic E-state index is 13.0. The van der Waals surface area contributed by atoms with E-state index in [1.165, 1.54) is 0 Å². The van der Waals surface area contributed by atoms with Crippen LogP contribution in [0.2, 0.25) is 0 Å². The van der Waals surface area contributed by atoms with Crippen LogP contribution in [0.15, 0.2) is 0 Å². The summed E-state index contributed by atoms with van der Waals surface area (Å²) >= 11 is 0. The van der Waals surface area contributed by atoms with E-state index in [0.717, 1.165) is 6.42 Å². The number of halogens is 1. The predicted octanol–water partition coefficient (Wildman–Crippen LogP) is 1.73. The maximum Gasteiger partial charge on any atom is 0.120 e. The zero-order valence-corrected chi connectivity index (χ0v) is 6.50. The molecule has 0 radical (unpaired) electrons. The Kier molecular flexibility index (Phi) is 3.78. The largest absolute Gasteiger partial charge is 0.317 e. The Morgan fingerprint density at radius 1 is 1.56 bits per heavy atom. The Morgan fingerprint density at radius 3 is 2.44 bits per heavy atom. The molecule has 9 heavy (non-hydrogen) atoms. The molecule has 0 aliphatic rings. The summed E-state index contributed by atoms with van der Waals surface area (Å²) in [7, 11) is 1.77. The van der Waals surface area contributed by atoms with Crippen molar-refractivity contribution in [2.24, 2.45) is 0 Å². The average molecular weight is 133 g/mol. The van der Waals surface area contributed by atoms with Gasteiger partial charge >= 0.3 is 0 Å². The first-order valence-electron chi connectivity index (χ1n) is 3.46. The fraction of sp³-hybridized carbons (Fsp3) is 1.00. The van der Waals surface area contributed by atoms with Gasteiger partial charge in [-0.2, -0.15) is 0 Å². The molecule has 2 heteroatoms. The van der Waals surface area contributed by atoms with Gasteiger partial charge in [0.15, 0.2) is 0 Å². The molecule has 0 saturated heterocycles. The Bertz CT molecular complexity index is 63.3. The Balaban J connectivity index is 3.43. The van der Waals surface area contributed by atoms with Crippen LogP contribution >= 0.6 is 0 Å². The van der Waals surface area contributed by atoms with Crippen LogP contribution in [0, 0.1) is 0 Å². The van der Waals surface area contributed by atoms with E-state index in [1.54, 1.807) is 14.0 Å². The lowest BCUT2D eigenvalue weighted by Gasteiger charge is -2.18. The predicted molar refractivity (Wildman–Crippen MR) is 38.3 cm³/mol. The van der Waals surface area contributed by atoms with Gasteiger partial charge in [-0.15, -0.1) is 0 Å². The molecule has 0 aliphatic carbocycles. The van der Waals surface area contributed by atoms with Crippen molar-refractivity contribution in [3.63, 3.8) is 0 Å². The average Bonchev–Trinajstić information content (AvgIpc) is 1.64. The molecule has 0 rings (SSSR count). The molecule has 0 aromatic heterocycles. The lowest BCUT2D eigenvalue weighted by molar-refractivity contribution is 0.173. The standard InChI is InChI=1S/C7H16FN/c1-4-5-7(2,8)6-9-3/h9H,4-6H2,1-3H3. The zero-order chi connectivity index (χ0) is 7.33. The topological polar surface area (TPSA) is 12.0 Å². The smallest absolute Gasteiger partial charge is 0.120 e. The van der Waals surface area contributed by atoms with Crippen molar-refractivity contribution in [2.75, 3.05) is 13.6 Å². The van der Waals surface area contributed by atoms with Crippen molar-refractivity contribution in [1.82, 2.24) is 5.32 Å². The Morgan fingerprint density at radius 2 is 2.11 bits per heavy atom. The lowest BCUT2D eigenvalue weighted by atomic mass is 10.0. The van der Waals surface area contributed by atoms with Gasteiger partial charge in [0, 0.05) is 6.54 Å². The van der Waals surface area contributed by atoms with Crippen LogP contribution in [0.4, 0.5) is 4.39 Å². The van der Waals surface area contributed by atoms with Crippen LogP contribution in [0.3, 0.4) is 0 Å². The van der Waals surface area contributed by atoms with Crippen LogP contribution in [0.25, 0.3) is 0 Å². The van der Waals surface area contributed by atoms with Crippen molar-refractivity contribution in [2.45, 2.75) is 32.4 Å². The molecule has 1 nitrogen and oxygen atoms in total. The van der Waals surface area contributed by atoms with Crippen LogP contribution in [0.5, 0.6) is 0 Å². The van der Waals surface area contributed by atoms with Gasteiger partial charge in [0.2, 0.25) is 0 Å². The quantitative estimate of drug-likeness (QED) is 0.616. The highest BCUT2D eigenvalue weighted by Crippen LogP contribution is 2.15. The molecule has 0 bridgehead atoms. The van der Waals surface area contributed by atoms with Crippen molar-refractivity contribution in [3.8, 4) is 0 Å². The first kappa shape index (κ1) is 8.89. The van der Waals surface area contributed by atoms with E-state index >= 15 is 0 Å². The molecule has 0 spiro atoms. The summed E-state index contributed by atoms with van der Waals surface area (Å²) in [6.07, 6.45) is 1.56. The number of rotatable bonds is 4. The monoisotopic (exact) mass is 133 g/mol. The first-order valence-corrected chi connectivity index (χ1v) is 3.46. The van der Waals surface area contributed by atoms with Gasteiger partial charge in [-0.1, -0.05) is 13.3 Å². The molecular formula is C7H16FN. The van der Waals surface area contributed by atoms with E-state index in [9.17, 15) is 4.39 Å². The van der Waals surface area contributed by atoms with Crippen LogP contribution in [-0.2, 0) is 0 Å². The molecule has 0 saturated carbocycles. The molecule has 1 unspecified atom stereocenters. The second-order valence-corrected chi connectivity index (χ2v) is 2.69. The Labute approximate surface area is 56.6 Å². The molecular weight excluding hydrogens is 117 g/mol. The molecule has 0 aromatic carbocycles. The van der Waals surface area contributed by atoms with E-state index in [0.29, 0.717) is 13.0 Å². The van der Waals surface area contributed by atoms with Gasteiger partial charge in [0.1, 0.15) is 5.67 Å². The molecule has 0 fully saturated rings.